The topological polar surface area (TPSA) is 68.4 Å². The maximum atomic E-state index is 13.5. The highest BCUT2D eigenvalue weighted by molar-refractivity contribution is 6.31. The molecule has 25 heavy (non-hydrogen) atoms. The van der Waals surface area contributed by atoms with Gasteiger partial charge in [0.1, 0.15) is 12.4 Å². The molecule has 6 nitrogen and oxygen atoms in total. The number of nitrogens with zero attached hydrogens (tertiary/aromatic N) is 3. The molecule has 0 radical (unpaired) electrons. The summed E-state index contributed by atoms with van der Waals surface area (Å²) in [6.07, 6.45) is 1.49. The van der Waals surface area contributed by atoms with Crippen molar-refractivity contribution in [2.75, 3.05) is 0 Å². The Kier molecular flexibility index (Phi) is 4.78. The molecule has 3 aromatic rings. The maximum Gasteiger partial charge on any atom is 0.350 e. The van der Waals surface area contributed by atoms with Crippen LogP contribution >= 0.6 is 23.2 Å². The number of hydrogen-bond acceptors (Lipinski definition) is 3. The molecule has 2 aromatic heterocycles. The molecule has 0 saturated carbocycles. The number of halogens is 3. The van der Waals surface area contributed by atoms with E-state index in [-0.39, 0.29) is 11.6 Å². The molecule has 0 aliphatic carbocycles. The molecule has 1 N–H and O–H groups in total. The average Bonchev–Trinajstić information content (AvgIpc) is 2.85. The summed E-state index contributed by atoms with van der Waals surface area (Å²) in [7, 11) is 0. The minimum Gasteiger partial charge on any atom is -0.348 e. The first-order chi connectivity index (χ1) is 11.8. The minimum absolute atomic E-state index is 0.0113. The lowest BCUT2D eigenvalue weighted by Gasteiger charge is -2.14. The van der Waals surface area contributed by atoms with Crippen LogP contribution in [0.15, 0.2) is 41.3 Å². The van der Waals surface area contributed by atoms with Crippen LogP contribution in [0, 0.1) is 5.82 Å². The molecular weight excluding hydrogens is 370 g/mol. The lowest BCUT2D eigenvalue weighted by atomic mass is 10.1. The van der Waals surface area contributed by atoms with Gasteiger partial charge in [0.2, 0.25) is 5.91 Å². The number of fused-ring (bicyclic) bond motifs is 1. The van der Waals surface area contributed by atoms with Crippen molar-refractivity contribution in [2.24, 2.45) is 0 Å². The van der Waals surface area contributed by atoms with Crippen LogP contribution in [0.3, 0.4) is 0 Å². The third-order valence-electron chi connectivity index (χ3n) is 3.66. The van der Waals surface area contributed by atoms with Crippen molar-refractivity contribution in [3.63, 3.8) is 0 Å². The molecule has 9 heteroatoms. The van der Waals surface area contributed by atoms with E-state index in [1.807, 2.05) is 0 Å². The number of benzene rings is 1. The number of carbonyl (C=O) groups excluding carboxylic acids is 1. The van der Waals surface area contributed by atoms with Gasteiger partial charge in [-0.1, -0.05) is 29.3 Å². The van der Waals surface area contributed by atoms with Crippen LogP contribution in [-0.2, 0) is 11.3 Å². The first kappa shape index (κ1) is 17.4. The summed E-state index contributed by atoms with van der Waals surface area (Å²) < 4.78 is 15.8. The molecule has 0 aliphatic heterocycles. The second-order valence-electron chi connectivity index (χ2n) is 5.48. The molecule has 3 rings (SSSR count). The van der Waals surface area contributed by atoms with Crippen LogP contribution in [0.1, 0.15) is 18.5 Å². The Labute approximate surface area is 151 Å². The number of amides is 1. The summed E-state index contributed by atoms with van der Waals surface area (Å²) in [5, 5.41) is 7.20. The summed E-state index contributed by atoms with van der Waals surface area (Å²) in [5.41, 5.74) is 0.453. The van der Waals surface area contributed by atoms with Crippen molar-refractivity contribution < 1.29 is 9.18 Å². The van der Waals surface area contributed by atoms with Gasteiger partial charge in [-0.15, -0.1) is 5.10 Å². The average molecular weight is 383 g/mol. The number of rotatable bonds is 4. The van der Waals surface area contributed by atoms with Crippen LogP contribution in [0.5, 0.6) is 0 Å². The van der Waals surface area contributed by atoms with Gasteiger partial charge < -0.3 is 5.32 Å². The number of pyridine rings is 1. The van der Waals surface area contributed by atoms with Crippen LogP contribution < -0.4 is 11.0 Å². The molecular formula is C16H13Cl2FN4O2. The highest BCUT2D eigenvalue weighted by Crippen LogP contribution is 2.20. The summed E-state index contributed by atoms with van der Waals surface area (Å²) in [4.78, 5) is 24.4. The van der Waals surface area contributed by atoms with E-state index in [9.17, 15) is 14.0 Å². The Hall–Kier alpha value is -2.38. The zero-order chi connectivity index (χ0) is 18.1. The monoisotopic (exact) mass is 382 g/mol. The second-order valence-corrected chi connectivity index (χ2v) is 6.32. The van der Waals surface area contributed by atoms with Crippen molar-refractivity contribution in [3.8, 4) is 0 Å². The fourth-order valence-corrected chi connectivity index (χ4v) is 2.66. The molecule has 0 unspecified atom stereocenters. The Morgan fingerprint density at radius 3 is 2.80 bits per heavy atom. The first-order valence-electron chi connectivity index (χ1n) is 7.34. The molecule has 0 saturated heterocycles. The molecule has 0 bridgehead atoms. The van der Waals surface area contributed by atoms with Gasteiger partial charge in [-0.2, -0.15) is 0 Å². The minimum atomic E-state index is -0.561. The maximum absolute atomic E-state index is 13.5. The van der Waals surface area contributed by atoms with Crippen LogP contribution in [0.25, 0.3) is 5.65 Å². The van der Waals surface area contributed by atoms with Crippen molar-refractivity contribution in [2.45, 2.75) is 19.5 Å². The third-order valence-corrected chi connectivity index (χ3v) is 4.20. The molecule has 1 aromatic carbocycles. The molecule has 1 atom stereocenters. The van der Waals surface area contributed by atoms with Crippen molar-refractivity contribution in [1.82, 2.24) is 19.5 Å². The second kappa shape index (κ2) is 6.85. The number of carbonyl (C=O) groups is 1. The SMILES string of the molecule is C[C@H](NC(=O)Cn1nc2cc(Cl)ccn2c1=O)c1ccc(Cl)c(F)c1. The van der Waals surface area contributed by atoms with Gasteiger partial charge in [-0.3, -0.25) is 9.20 Å². The van der Waals surface area contributed by atoms with E-state index < -0.39 is 23.5 Å². The highest BCUT2D eigenvalue weighted by Gasteiger charge is 2.15. The molecule has 0 aliphatic rings. The van der Waals surface area contributed by atoms with Crippen molar-refractivity contribution in [3.05, 3.63) is 68.4 Å². The largest absolute Gasteiger partial charge is 0.350 e. The van der Waals surface area contributed by atoms with Gasteiger partial charge in [0, 0.05) is 17.3 Å². The Morgan fingerprint density at radius 2 is 2.08 bits per heavy atom. The Balaban J connectivity index is 1.75. The normalized spacial score (nSPS) is 12.3. The molecule has 2 heterocycles. The number of aromatic nitrogens is 3. The van der Waals surface area contributed by atoms with Gasteiger partial charge in [-0.05, 0) is 30.7 Å². The fourth-order valence-electron chi connectivity index (χ4n) is 2.38. The van der Waals surface area contributed by atoms with E-state index in [0.717, 1.165) is 4.68 Å². The summed E-state index contributed by atoms with van der Waals surface area (Å²) in [6.45, 7) is 1.44. The van der Waals surface area contributed by atoms with E-state index >= 15 is 0 Å². The Bertz CT molecular complexity index is 1020. The molecule has 0 spiro atoms. The summed E-state index contributed by atoms with van der Waals surface area (Å²) >= 11 is 11.5. The first-order valence-corrected chi connectivity index (χ1v) is 8.10. The van der Waals surface area contributed by atoms with Crippen molar-refractivity contribution in [1.29, 1.82) is 0 Å². The standard InChI is InChI=1S/C16H13Cl2FN4O2/c1-9(10-2-3-12(18)13(19)6-10)20-15(24)8-23-16(25)22-5-4-11(17)7-14(22)21-23/h2-7,9H,8H2,1H3,(H,20,24)/t9-/m0/s1. The highest BCUT2D eigenvalue weighted by atomic mass is 35.5. The van der Waals surface area contributed by atoms with Crippen molar-refractivity contribution >= 4 is 34.8 Å². The molecule has 1 amide bonds. The van der Waals surface area contributed by atoms with E-state index in [0.29, 0.717) is 16.2 Å². The van der Waals surface area contributed by atoms with E-state index in [2.05, 4.69) is 10.4 Å². The fraction of sp³-hybridized carbons (Fsp3) is 0.188. The predicted molar refractivity (Wildman–Crippen MR) is 92.4 cm³/mol. The molecule has 130 valence electrons. The Morgan fingerprint density at radius 1 is 1.32 bits per heavy atom. The van der Waals surface area contributed by atoms with Gasteiger partial charge in [0.05, 0.1) is 11.1 Å². The summed E-state index contributed by atoms with van der Waals surface area (Å²) in [6, 6.07) is 6.92. The van der Waals surface area contributed by atoms with E-state index in [1.165, 1.54) is 28.8 Å². The van der Waals surface area contributed by atoms with Crippen LogP contribution in [0.2, 0.25) is 10.0 Å². The van der Waals surface area contributed by atoms with Crippen LogP contribution in [0.4, 0.5) is 4.39 Å². The summed E-state index contributed by atoms with van der Waals surface area (Å²) in [5.74, 6) is -0.992. The van der Waals surface area contributed by atoms with E-state index in [4.69, 9.17) is 23.2 Å². The molecule has 0 fully saturated rings. The quantitative estimate of drug-likeness (QED) is 0.754. The van der Waals surface area contributed by atoms with Gasteiger partial charge in [0.25, 0.3) is 0 Å². The zero-order valence-corrected chi connectivity index (χ0v) is 14.6. The zero-order valence-electron chi connectivity index (χ0n) is 13.0. The van der Waals surface area contributed by atoms with Gasteiger partial charge >= 0.3 is 5.69 Å². The lowest BCUT2D eigenvalue weighted by molar-refractivity contribution is -0.122. The van der Waals surface area contributed by atoms with E-state index in [1.54, 1.807) is 19.1 Å². The van der Waals surface area contributed by atoms with Gasteiger partial charge in [-0.25, -0.2) is 13.9 Å². The third kappa shape index (κ3) is 3.67. The van der Waals surface area contributed by atoms with Crippen LogP contribution in [-0.4, -0.2) is 20.1 Å². The smallest absolute Gasteiger partial charge is 0.348 e. The number of hydrogen-bond donors (Lipinski definition) is 1. The predicted octanol–water partition coefficient (Wildman–Crippen LogP) is 2.82. The lowest BCUT2D eigenvalue weighted by Crippen LogP contribution is -2.34. The number of nitrogens with one attached hydrogen (secondary N) is 1. The van der Waals surface area contributed by atoms with Gasteiger partial charge in [0.15, 0.2) is 5.65 Å².